The largest absolute Gasteiger partial charge is 0.380 e. The van der Waals surface area contributed by atoms with Crippen LogP contribution in [0.25, 0.3) is 0 Å². The Morgan fingerprint density at radius 2 is 1.76 bits per heavy atom. The summed E-state index contributed by atoms with van der Waals surface area (Å²) in [5.41, 5.74) is 5.07. The molecule has 0 aliphatic carbocycles. The molecule has 0 bridgehead atoms. The molecule has 0 radical (unpaired) electrons. The van der Waals surface area contributed by atoms with Crippen LogP contribution in [0.1, 0.15) is 24.0 Å². The molecule has 2 nitrogen and oxygen atoms in total. The van der Waals surface area contributed by atoms with Gasteiger partial charge in [-0.05, 0) is 71.1 Å². The summed E-state index contributed by atoms with van der Waals surface area (Å²) in [5, 5.41) is 3.48. The van der Waals surface area contributed by atoms with E-state index in [4.69, 9.17) is 0 Å². The molecule has 1 heterocycles. The highest BCUT2D eigenvalue weighted by molar-refractivity contribution is 9.10. The molecule has 0 unspecified atom stereocenters. The first-order valence-electron chi connectivity index (χ1n) is 7.56. The van der Waals surface area contributed by atoms with Gasteiger partial charge in [-0.3, -0.25) is 0 Å². The van der Waals surface area contributed by atoms with Gasteiger partial charge < -0.3 is 10.2 Å². The normalized spacial score (nSPS) is 14.5. The van der Waals surface area contributed by atoms with E-state index in [1.165, 1.54) is 42.7 Å². The standard InChI is InChI=1S/C18H21BrN2/c1-14-4-9-18(17(19)12-14)20-13-15-5-7-16(8-6-15)21-10-2-3-11-21/h4-9,12,20H,2-3,10-11,13H2,1H3. The average Bonchev–Trinajstić information content (AvgIpc) is 3.01. The van der Waals surface area contributed by atoms with E-state index < -0.39 is 0 Å². The second kappa shape index (κ2) is 6.52. The van der Waals surface area contributed by atoms with Gasteiger partial charge in [-0.25, -0.2) is 0 Å². The lowest BCUT2D eigenvalue weighted by atomic mass is 10.2. The van der Waals surface area contributed by atoms with E-state index in [0.29, 0.717) is 0 Å². The number of aryl methyl sites for hydroxylation is 1. The molecule has 0 saturated carbocycles. The zero-order valence-corrected chi connectivity index (χ0v) is 14.0. The molecule has 0 spiro atoms. The van der Waals surface area contributed by atoms with Crippen LogP contribution in [-0.4, -0.2) is 13.1 Å². The first kappa shape index (κ1) is 14.5. The van der Waals surface area contributed by atoms with Crippen LogP contribution in [0.2, 0.25) is 0 Å². The average molecular weight is 345 g/mol. The van der Waals surface area contributed by atoms with Crippen molar-refractivity contribution in [2.75, 3.05) is 23.3 Å². The van der Waals surface area contributed by atoms with Crippen LogP contribution in [0.5, 0.6) is 0 Å². The van der Waals surface area contributed by atoms with Crippen molar-refractivity contribution in [3.8, 4) is 0 Å². The van der Waals surface area contributed by atoms with Crippen molar-refractivity contribution < 1.29 is 0 Å². The Labute approximate surface area is 135 Å². The van der Waals surface area contributed by atoms with Crippen molar-refractivity contribution in [2.24, 2.45) is 0 Å². The number of rotatable bonds is 4. The second-order valence-corrected chi connectivity index (χ2v) is 6.55. The first-order valence-corrected chi connectivity index (χ1v) is 8.35. The molecule has 3 heteroatoms. The first-order chi connectivity index (χ1) is 10.2. The summed E-state index contributed by atoms with van der Waals surface area (Å²) in [4.78, 5) is 2.47. The van der Waals surface area contributed by atoms with Crippen molar-refractivity contribution >= 4 is 27.3 Å². The lowest BCUT2D eigenvalue weighted by molar-refractivity contribution is 0.949. The van der Waals surface area contributed by atoms with Gasteiger partial charge in [0.2, 0.25) is 0 Å². The Kier molecular flexibility index (Phi) is 4.49. The van der Waals surface area contributed by atoms with Crippen LogP contribution in [0, 0.1) is 6.92 Å². The van der Waals surface area contributed by atoms with Gasteiger partial charge in [-0.15, -0.1) is 0 Å². The molecule has 0 aromatic heterocycles. The van der Waals surface area contributed by atoms with Gasteiger partial charge in [-0.2, -0.15) is 0 Å². The smallest absolute Gasteiger partial charge is 0.0487 e. The van der Waals surface area contributed by atoms with Gasteiger partial charge in [0.25, 0.3) is 0 Å². The molecule has 3 rings (SSSR count). The molecule has 1 aliphatic rings. The highest BCUT2D eigenvalue weighted by atomic mass is 79.9. The Morgan fingerprint density at radius 3 is 2.43 bits per heavy atom. The maximum atomic E-state index is 3.61. The van der Waals surface area contributed by atoms with Crippen molar-refractivity contribution in [2.45, 2.75) is 26.3 Å². The fourth-order valence-electron chi connectivity index (χ4n) is 2.76. The van der Waals surface area contributed by atoms with Crippen molar-refractivity contribution in [1.82, 2.24) is 0 Å². The topological polar surface area (TPSA) is 15.3 Å². The van der Waals surface area contributed by atoms with Crippen LogP contribution in [0.4, 0.5) is 11.4 Å². The number of hydrogen-bond donors (Lipinski definition) is 1. The van der Waals surface area contributed by atoms with Gasteiger partial charge in [-0.1, -0.05) is 18.2 Å². The minimum absolute atomic E-state index is 0.849. The minimum atomic E-state index is 0.849. The summed E-state index contributed by atoms with van der Waals surface area (Å²) in [6.07, 6.45) is 2.65. The predicted octanol–water partition coefficient (Wildman–Crippen LogP) is 4.97. The van der Waals surface area contributed by atoms with Gasteiger partial charge >= 0.3 is 0 Å². The summed E-state index contributed by atoms with van der Waals surface area (Å²) in [6, 6.07) is 15.3. The van der Waals surface area contributed by atoms with Gasteiger partial charge in [0.05, 0.1) is 0 Å². The SMILES string of the molecule is Cc1ccc(NCc2ccc(N3CCCC3)cc2)c(Br)c1. The zero-order valence-electron chi connectivity index (χ0n) is 12.4. The van der Waals surface area contributed by atoms with E-state index in [0.717, 1.165) is 16.7 Å². The van der Waals surface area contributed by atoms with E-state index in [-0.39, 0.29) is 0 Å². The van der Waals surface area contributed by atoms with Crippen LogP contribution in [0.15, 0.2) is 46.9 Å². The lowest BCUT2D eigenvalue weighted by Crippen LogP contribution is -2.17. The summed E-state index contributed by atoms with van der Waals surface area (Å²) in [7, 11) is 0. The maximum Gasteiger partial charge on any atom is 0.0487 e. The summed E-state index contributed by atoms with van der Waals surface area (Å²) in [5.74, 6) is 0. The van der Waals surface area contributed by atoms with E-state index in [9.17, 15) is 0 Å². The van der Waals surface area contributed by atoms with Gasteiger partial charge in [0, 0.05) is 35.5 Å². The van der Waals surface area contributed by atoms with Crippen molar-refractivity contribution in [1.29, 1.82) is 0 Å². The number of hydrogen-bond acceptors (Lipinski definition) is 2. The Balaban J connectivity index is 1.62. The van der Waals surface area contributed by atoms with E-state index >= 15 is 0 Å². The number of halogens is 1. The van der Waals surface area contributed by atoms with Crippen molar-refractivity contribution in [3.05, 3.63) is 58.1 Å². The Hall–Kier alpha value is -1.48. The third-order valence-corrected chi connectivity index (χ3v) is 4.67. The summed E-state index contributed by atoms with van der Waals surface area (Å²) in [6.45, 7) is 5.36. The molecule has 21 heavy (non-hydrogen) atoms. The van der Waals surface area contributed by atoms with E-state index in [2.05, 4.69) is 75.5 Å². The molecule has 0 atom stereocenters. The molecule has 0 amide bonds. The molecule has 1 N–H and O–H groups in total. The zero-order chi connectivity index (χ0) is 14.7. The highest BCUT2D eigenvalue weighted by Crippen LogP contribution is 2.25. The van der Waals surface area contributed by atoms with Crippen LogP contribution in [0.3, 0.4) is 0 Å². The third kappa shape index (κ3) is 3.59. The molecule has 2 aromatic carbocycles. The highest BCUT2D eigenvalue weighted by Gasteiger charge is 2.11. The number of nitrogens with zero attached hydrogens (tertiary/aromatic N) is 1. The molecule has 1 aliphatic heterocycles. The second-order valence-electron chi connectivity index (χ2n) is 5.70. The van der Waals surface area contributed by atoms with E-state index in [1.807, 2.05) is 0 Å². The molecule has 2 aromatic rings. The van der Waals surface area contributed by atoms with E-state index in [1.54, 1.807) is 0 Å². The Bertz CT molecular complexity index is 601. The van der Waals surface area contributed by atoms with Crippen molar-refractivity contribution in [3.63, 3.8) is 0 Å². The van der Waals surface area contributed by atoms with Gasteiger partial charge in [0.15, 0.2) is 0 Å². The van der Waals surface area contributed by atoms with Gasteiger partial charge in [0.1, 0.15) is 0 Å². The molecular formula is C18H21BrN2. The van der Waals surface area contributed by atoms with Crippen LogP contribution < -0.4 is 10.2 Å². The fraction of sp³-hybridized carbons (Fsp3) is 0.333. The fourth-order valence-corrected chi connectivity index (χ4v) is 3.39. The summed E-state index contributed by atoms with van der Waals surface area (Å²) >= 11 is 3.61. The quantitative estimate of drug-likeness (QED) is 0.842. The number of anilines is 2. The minimum Gasteiger partial charge on any atom is -0.380 e. The van der Waals surface area contributed by atoms with Crippen LogP contribution >= 0.6 is 15.9 Å². The number of benzene rings is 2. The monoisotopic (exact) mass is 344 g/mol. The predicted molar refractivity (Wildman–Crippen MR) is 94.1 cm³/mol. The van der Waals surface area contributed by atoms with Crippen LogP contribution in [-0.2, 0) is 6.54 Å². The molecule has 1 fully saturated rings. The number of nitrogens with one attached hydrogen (secondary N) is 1. The maximum absolute atomic E-state index is 3.61. The lowest BCUT2D eigenvalue weighted by Gasteiger charge is -2.18. The third-order valence-electron chi connectivity index (χ3n) is 4.02. The molecular weight excluding hydrogens is 324 g/mol. The Morgan fingerprint density at radius 1 is 1.05 bits per heavy atom. The molecule has 110 valence electrons. The summed E-state index contributed by atoms with van der Waals surface area (Å²) < 4.78 is 1.12. The molecule has 1 saturated heterocycles.